The predicted octanol–water partition coefficient (Wildman–Crippen LogP) is 0.715. The number of hydrogen-bond acceptors (Lipinski definition) is 3. The first kappa shape index (κ1) is 14.8. The maximum atomic E-state index is 12.3. The normalized spacial score (nSPS) is 21.5. The molecular weight excluding hydrogens is 234 g/mol. The van der Waals surface area contributed by atoms with Gasteiger partial charge in [-0.05, 0) is 26.2 Å². The molecular formula is C12H23N3O3. The van der Waals surface area contributed by atoms with Crippen molar-refractivity contribution in [3.05, 3.63) is 0 Å². The van der Waals surface area contributed by atoms with E-state index in [0.717, 1.165) is 19.3 Å². The zero-order valence-corrected chi connectivity index (χ0v) is 11.1. The van der Waals surface area contributed by atoms with Gasteiger partial charge < -0.3 is 20.6 Å². The van der Waals surface area contributed by atoms with Crippen LogP contribution >= 0.6 is 0 Å². The Balaban J connectivity index is 2.71. The summed E-state index contributed by atoms with van der Waals surface area (Å²) in [5, 5.41) is 8.89. The van der Waals surface area contributed by atoms with Gasteiger partial charge in [0.05, 0.1) is 0 Å². The van der Waals surface area contributed by atoms with Crippen molar-refractivity contribution < 1.29 is 14.7 Å². The highest BCUT2D eigenvalue weighted by Gasteiger charge is 2.29. The zero-order valence-electron chi connectivity index (χ0n) is 11.1. The molecule has 0 spiro atoms. The van der Waals surface area contributed by atoms with Crippen LogP contribution in [0, 0.1) is 0 Å². The summed E-state index contributed by atoms with van der Waals surface area (Å²) in [6.45, 7) is 4.74. The van der Waals surface area contributed by atoms with Crippen molar-refractivity contribution in [2.45, 2.75) is 45.2 Å². The molecule has 0 saturated carbocycles. The summed E-state index contributed by atoms with van der Waals surface area (Å²) in [7, 11) is 0. The lowest BCUT2D eigenvalue weighted by Crippen LogP contribution is -2.54. The minimum Gasteiger partial charge on any atom is -0.480 e. The molecule has 2 atom stereocenters. The van der Waals surface area contributed by atoms with Crippen LogP contribution in [0.1, 0.15) is 33.1 Å². The van der Waals surface area contributed by atoms with Crippen LogP contribution in [0.2, 0.25) is 0 Å². The summed E-state index contributed by atoms with van der Waals surface area (Å²) in [6, 6.07) is -0.278. The van der Waals surface area contributed by atoms with E-state index < -0.39 is 5.97 Å². The first-order valence-electron chi connectivity index (χ1n) is 6.48. The van der Waals surface area contributed by atoms with Gasteiger partial charge in [0.25, 0.3) is 0 Å². The lowest BCUT2D eigenvalue weighted by molar-refractivity contribution is -0.138. The summed E-state index contributed by atoms with van der Waals surface area (Å²) in [5.41, 5.74) is 5.84. The van der Waals surface area contributed by atoms with E-state index in [4.69, 9.17) is 10.8 Å². The first-order valence-corrected chi connectivity index (χ1v) is 6.48. The largest absolute Gasteiger partial charge is 0.480 e. The lowest BCUT2D eigenvalue weighted by Gasteiger charge is -2.37. The number of piperidine rings is 1. The van der Waals surface area contributed by atoms with Gasteiger partial charge in [0.15, 0.2) is 0 Å². The smallest absolute Gasteiger partial charge is 0.323 e. The third kappa shape index (κ3) is 3.87. The predicted molar refractivity (Wildman–Crippen MR) is 68.3 cm³/mol. The average Bonchev–Trinajstić information content (AvgIpc) is 2.34. The van der Waals surface area contributed by atoms with Crippen molar-refractivity contribution in [2.24, 2.45) is 5.73 Å². The summed E-state index contributed by atoms with van der Waals surface area (Å²) in [5.74, 6) is -0.982. The van der Waals surface area contributed by atoms with Crippen LogP contribution in [0.15, 0.2) is 0 Å². The molecule has 1 heterocycles. The Morgan fingerprint density at radius 1 is 1.56 bits per heavy atom. The number of carboxylic acids is 1. The summed E-state index contributed by atoms with van der Waals surface area (Å²) >= 11 is 0. The van der Waals surface area contributed by atoms with Crippen LogP contribution in [0.4, 0.5) is 4.79 Å². The standard InChI is InChI=1S/C12H23N3O3/c1-3-9(2)15(8-11(16)17)12(18)14-6-4-5-10(13)7-14/h9-10H,3-8,13H2,1-2H3,(H,16,17). The maximum absolute atomic E-state index is 12.3. The molecule has 104 valence electrons. The van der Waals surface area contributed by atoms with E-state index >= 15 is 0 Å². The Morgan fingerprint density at radius 3 is 2.72 bits per heavy atom. The molecule has 0 bridgehead atoms. The lowest BCUT2D eigenvalue weighted by atomic mass is 10.1. The Morgan fingerprint density at radius 2 is 2.22 bits per heavy atom. The molecule has 1 aliphatic rings. The van der Waals surface area contributed by atoms with Crippen molar-refractivity contribution in [1.82, 2.24) is 9.80 Å². The summed E-state index contributed by atoms with van der Waals surface area (Å²) in [4.78, 5) is 26.2. The van der Waals surface area contributed by atoms with Crippen LogP contribution in [-0.4, -0.2) is 58.6 Å². The van der Waals surface area contributed by atoms with E-state index in [1.807, 2.05) is 13.8 Å². The van der Waals surface area contributed by atoms with Crippen molar-refractivity contribution in [2.75, 3.05) is 19.6 Å². The van der Waals surface area contributed by atoms with E-state index in [2.05, 4.69) is 0 Å². The molecule has 18 heavy (non-hydrogen) atoms. The fraction of sp³-hybridized carbons (Fsp3) is 0.833. The third-order valence-corrected chi connectivity index (χ3v) is 3.40. The number of nitrogens with zero attached hydrogens (tertiary/aromatic N) is 2. The molecule has 0 aliphatic carbocycles. The number of nitrogens with two attached hydrogens (primary N) is 1. The number of rotatable bonds is 4. The molecule has 2 unspecified atom stereocenters. The quantitative estimate of drug-likeness (QED) is 0.776. The highest BCUT2D eigenvalue weighted by molar-refractivity contribution is 5.80. The van der Waals surface area contributed by atoms with Crippen LogP contribution in [0.3, 0.4) is 0 Å². The number of carboxylic acid groups (broad SMARTS) is 1. The first-order chi connectivity index (χ1) is 8.45. The second-order valence-corrected chi connectivity index (χ2v) is 4.91. The molecule has 0 aromatic rings. The van der Waals surface area contributed by atoms with Crippen molar-refractivity contribution in [3.8, 4) is 0 Å². The highest BCUT2D eigenvalue weighted by Crippen LogP contribution is 2.13. The minimum atomic E-state index is -0.982. The molecule has 3 N–H and O–H groups in total. The molecule has 1 fully saturated rings. The van der Waals surface area contributed by atoms with Gasteiger partial charge in [0, 0.05) is 25.2 Å². The number of amides is 2. The molecule has 1 saturated heterocycles. The number of carbonyl (C=O) groups is 2. The second kappa shape index (κ2) is 6.58. The molecule has 0 aromatic heterocycles. The number of aliphatic carboxylic acids is 1. The van der Waals surface area contributed by atoms with E-state index in [9.17, 15) is 9.59 Å². The van der Waals surface area contributed by atoms with Crippen molar-refractivity contribution in [1.29, 1.82) is 0 Å². The fourth-order valence-electron chi connectivity index (χ4n) is 2.14. The maximum Gasteiger partial charge on any atom is 0.323 e. The van der Waals surface area contributed by atoms with E-state index in [1.54, 1.807) is 4.90 Å². The number of carbonyl (C=O) groups excluding carboxylic acids is 1. The van der Waals surface area contributed by atoms with E-state index in [0.29, 0.717) is 13.1 Å². The van der Waals surface area contributed by atoms with E-state index in [1.165, 1.54) is 4.90 Å². The van der Waals surface area contributed by atoms with Gasteiger partial charge in [-0.2, -0.15) is 0 Å². The molecule has 1 aliphatic heterocycles. The van der Waals surface area contributed by atoms with Crippen molar-refractivity contribution in [3.63, 3.8) is 0 Å². The van der Waals surface area contributed by atoms with Crippen LogP contribution in [0.25, 0.3) is 0 Å². The average molecular weight is 257 g/mol. The van der Waals surface area contributed by atoms with Crippen LogP contribution in [0.5, 0.6) is 0 Å². The number of likely N-dealkylation sites (tertiary alicyclic amines) is 1. The van der Waals surface area contributed by atoms with Gasteiger partial charge in [-0.3, -0.25) is 4.79 Å². The molecule has 6 nitrogen and oxygen atoms in total. The molecule has 2 amide bonds. The van der Waals surface area contributed by atoms with Gasteiger partial charge in [-0.25, -0.2) is 4.79 Å². The van der Waals surface area contributed by atoms with Gasteiger partial charge in [0.2, 0.25) is 0 Å². The summed E-state index contributed by atoms with van der Waals surface area (Å²) in [6.07, 6.45) is 2.54. The molecule has 6 heteroatoms. The van der Waals surface area contributed by atoms with Gasteiger partial charge in [0.1, 0.15) is 6.54 Å². The van der Waals surface area contributed by atoms with E-state index in [-0.39, 0.29) is 24.7 Å². The molecule has 1 rings (SSSR count). The molecule has 0 aromatic carbocycles. The molecule has 0 radical (unpaired) electrons. The minimum absolute atomic E-state index is 0.00584. The summed E-state index contributed by atoms with van der Waals surface area (Å²) < 4.78 is 0. The Hall–Kier alpha value is -1.30. The Kier molecular flexibility index (Phi) is 5.40. The van der Waals surface area contributed by atoms with Gasteiger partial charge in [-0.15, -0.1) is 0 Å². The number of hydrogen-bond donors (Lipinski definition) is 2. The monoisotopic (exact) mass is 257 g/mol. The Labute approximate surface area is 108 Å². The zero-order chi connectivity index (χ0) is 13.7. The number of urea groups is 1. The van der Waals surface area contributed by atoms with Crippen LogP contribution in [-0.2, 0) is 4.79 Å². The fourth-order valence-corrected chi connectivity index (χ4v) is 2.14. The highest BCUT2D eigenvalue weighted by atomic mass is 16.4. The topological polar surface area (TPSA) is 86.9 Å². The van der Waals surface area contributed by atoms with Crippen molar-refractivity contribution >= 4 is 12.0 Å². The Bertz CT molecular complexity index is 309. The SMILES string of the molecule is CCC(C)N(CC(=O)O)C(=O)N1CCCC(N)C1. The third-order valence-electron chi connectivity index (χ3n) is 3.40. The van der Waals surface area contributed by atoms with Gasteiger partial charge in [-0.1, -0.05) is 6.92 Å². The van der Waals surface area contributed by atoms with Gasteiger partial charge >= 0.3 is 12.0 Å². The second-order valence-electron chi connectivity index (χ2n) is 4.91. The van der Waals surface area contributed by atoms with Crippen LogP contribution < -0.4 is 5.73 Å².